The number of carbonyl (C=O) groups is 1. The number of rotatable bonds is 3. The number of esters is 1. The van der Waals surface area contributed by atoms with Crippen molar-refractivity contribution in [1.29, 1.82) is 0 Å². The number of benzene rings is 1. The summed E-state index contributed by atoms with van der Waals surface area (Å²) in [6, 6.07) is 4.17. The van der Waals surface area contributed by atoms with Crippen molar-refractivity contribution in [1.82, 2.24) is 0 Å². The first kappa shape index (κ1) is 12.9. The third-order valence-electron chi connectivity index (χ3n) is 1.55. The molecule has 0 fully saturated rings. The Bertz CT molecular complexity index is 513. The fraction of sp³-hybridized carbons (Fsp3) is 0.125. The van der Waals surface area contributed by atoms with Crippen molar-refractivity contribution in [2.75, 3.05) is 7.11 Å². The number of hydrogen-bond acceptors (Lipinski definition) is 5. The van der Waals surface area contributed by atoms with Gasteiger partial charge in [0.1, 0.15) is 5.56 Å². The van der Waals surface area contributed by atoms with Crippen molar-refractivity contribution in [3.05, 3.63) is 28.2 Å². The summed E-state index contributed by atoms with van der Waals surface area (Å²) in [7, 11) is -3.01. The van der Waals surface area contributed by atoms with E-state index in [0.717, 1.165) is 0 Å². The van der Waals surface area contributed by atoms with Gasteiger partial charge in [-0.2, -0.15) is 13.6 Å². The first-order valence-electron chi connectivity index (χ1n) is 3.93. The standard InChI is InChI=1S/C8H8BrNO5S/c1-14-8(11)6-4-5(9)2-3-7(6)15-16(10,12)13/h2-4H,1H3,(H2,10,12,13). The molecule has 0 saturated heterocycles. The van der Waals surface area contributed by atoms with Gasteiger partial charge in [0, 0.05) is 4.47 Å². The molecule has 0 aliphatic rings. The Hall–Kier alpha value is -1.12. The highest BCUT2D eigenvalue weighted by molar-refractivity contribution is 9.10. The summed E-state index contributed by atoms with van der Waals surface area (Å²) in [5.41, 5.74) is -0.0362. The van der Waals surface area contributed by atoms with Gasteiger partial charge in [-0.05, 0) is 18.2 Å². The van der Waals surface area contributed by atoms with E-state index in [-0.39, 0.29) is 11.3 Å². The summed E-state index contributed by atoms with van der Waals surface area (Å²) in [6.45, 7) is 0. The monoisotopic (exact) mass is 309 g/mol. The lowest BCUT2D eigenvalue weighted by Crippen LogP contribution is -2.20. The van der Waals surface area contributed by atoms with Gasteiger partial charge in [0.05, 0.1) is 7.11 Å². The van der Waals surface area contributed by atoms with Crippen molar-refractivity contribution >= 4 is 32.2 Å². The predicted molar refractivity (Wildman–Crippen MR) is 59.2 cm³/mol. The van der Waals surface area contributed by atoms with E-state index in [9.17, 15) is 13.2 Å². The molecule has 1 aromatic rings. The van der Waals surface area contributed by atoms with Crippen molar-refractivity contribution in [2.24, 2.45) is 5.14 Å². The van der Waals surface area contributed by atoms with E-state index >= 15 is 0 Å². The Morgan fingerprint density at radius 3 is 2.56 bits per heavy atom. The van der Waals surface area contributed by atoms with Crippen LogP contribution in [0.15, 0.2) is 22.7 Å². The molecule has 0 spiro atoms. The Labute approximate surface area is 101 Å². The molecule has 0 saturated carbocycles. The van der Waals surface area contributed by atoms with Crippen LogP contribution in [0.2, 0.25) is 0 Å². The third kappa shape index (κ3) is 3.47. The summed E-state index contributed by atoms with van der Waals surface area (Å²) in [6.07, 6.45) is 0. The quantitative estimate of drug-likeness (QED) is 0.834. The zero-order valence-corrected chi connectivity index (χ0v) is 10.5. The second-order valence-corrected chi connectivity index (χ2v) is 4.78. The molecule has 0 bridgehead atoms. The highest BCUT2D eigenvalue weighted by Gasteiger charge is 2.17. The fourth-order valence-corrected chi connectivity index (χ4v) is 1.73. The Balaban J connectivity index is 3.23. The first-order chi connectivity index (χ1) is 7.33. The van der Waals surface area contributed by atoms with Crippen molar-refractivity contribution < 1.29 is 22.1 Å². The molecule has 8 heteroatoms. The second-order valence-electron chi connectivity index (χ2n) is 2.71. The van der Waals surface area contributed by atoms with Crippen LogP contribution in [0.4, 0.5) is 0 Å². The maximum absolute atomic E-state index is 11.3. The average Bonchev–Trinajstić information content (AvgIpc) is 2.17. The molecule has 0 aliphatic carbocycles. The number of nitrogens with two attached hydrogens (primary N) is 1. The lowest BCUT2D eigenvalue weighted by molar-refractivity contribution is 0.0599. The van der Waals surface area contributed by atoms with E-state index < -0.39 is 16.3 Å². The molecule has 0 heterocycles. The maximum atomic E-state index is 11.3. The zero-order valence-electron chi connectivity index (χ0n) is 8.14. The third-order valence-corrected chi connectivity index (χ3v) is 2.46. The molecule has 0 unspecified atom stereocenters. The van der Waals surface area contributed by atoms with Crippen LogP contribution in [-0.4, -0.2) is 21.5 Å². The topological polar surface area (TPSA) is 95.7 Å². The van der Waals surface area contributed by atoms with E-state index in [0.29, 0.717) is 4.47 Å². The first-order valence-corrected chi connectivity index (χ1v) is 6.20. The van der Waals surface area contributed by atoms with Gasteiger partial charge in [-0.15, -0.1) is 0 Å². The molecule has 0 amide bonds. The minimum absolute atomic E-state index is 0.0362. The van der Waals surface area contributed by atoms with Gasteiger partial charge in [-0.25, -0.2) is 4.79 Å². The molecule has 0 aliphatic heterocycles. The summed E-state index contributed by atoms with van der Waals surface area (Å²) in [4.78, 5) is 11.3. The van der Waals surface area contributed by atoms with Gasteiger partial charge in [0.2, 0.25) is 0 Å². The molecule has 0 radical (unpaired) electrons. The summed E-state index contributed by atoms with van der Waals surface area (Å²) < 4.78 is 31.0. The van der Waals surface area contributed by atoms with Crippen LogP contribution >= 0.6 is 15.9 Å². The van der Waals surface area contributed by atoms with Crippen LogP contribution in [0.5, 0.6) is 5.75 Å². The van der Waals surface area contributed by atoms with E-state index in [1.54, 1.807) is 0 Å². The molecular weight excluding hydrogens is 302 g/mol. The maximum Gasteiger partial charge on any atom is 0.380 e. The fourth-order valence-electron chi connectivity index (χ4n) is 0.969. The van der Waals surface area contributed by atoms with Crippen LogP contribution in [0.3, 0.4) is 0 Å². The normalized spacial score (nSPS) is 10.9. The largest absolute Gasteiger partial charge is 0.465 e. The number of halogens is 1. The van der Waals surface area contributed by atoms with E-state index in [4.69, 9.17) is 5.14 Å². The van der Waals surface area contributed by atoms with Crippen LogP contribution in [0, 0.1) is 0 Å². The molecule has 2 N–H and O–H groups in total. The smallest absolute Gasteiger partial charge is 0.380 e. The van der Waals surface area contributed by atoms with Crippen LogP contribution < -0.4 is 9.32 Å². The summed E-state index contributed by atoms with van der Waals surface area (Å²) in [5, 5.41) is 4.70. The zero-order chi connectivity index (χ0) is 12.3. The Morgan fingerprint density at radius 2 is 2.06 bits per heavy atom. The van der Waals surface area contributed by atoms with Crippen LogP contribution in [-0.2, 0) is 15.0 Å². The highest BCUT2D eigenvalue weighted by Crippen LogP contribution is 2.24. The van der Waals surface area contributed by atoms with Crippen LogP contribution in [0.25, 0.3) is 0 Å². The Morgan fingerprint density at radius 1 is 1.44 bits per heavy atom. The SMILES string of the molecule is COC(=O)c1cc(Br)ccc1OS(N)(=O)=O. The van der Waals surface area contributed by atoms with Gasteiger partial charge in [-0.3, -0.25) is 0 Å². The van der Waals surface area contributed by atoms with Gasteiger partial charge >= 0.3 is 16.3 Å². The predicted octanol–water partition coefficient (Wildman–Crippen LogP) is 0.818. The summed E-state index contributed by atoms with van der Waals surface area (Å²) in [5.74, 6) is -0.905. The van der Waals surface area contributed by atoms with Gasteiger partial charge in [0.15, 0.2) is 5.75 Å². The van der Waals surface area contributed by atoms with E-state index in [1.807, 2.05) is 0 Å². The number of hydrogen-bond donors (Lipinski definition) is 1. The molecule has 1 rings (SSSR count). The Kier molecular flexibility index (Phi) is 3.89. The van der Waals surface area contributed by atoms with Gasteiger partial charge in [0.25, 0.3) is 0 Å². The van der Waals surface area contributed by atoms with Crippen molar-refractivity contribution in [3.63, 3.8) is 0 Å². The number of carbonyl (C=O) groups excluding carboxylic acids is 1. The molecule has 88 valence electrons. The highest BCUT2D eigenvalue weighted by atomic mass is 79.9. The lowest BCUT2D eigenvalue weighted by Gasteiger charge is -2.07. The molecule has 0 atom stereocenters. The number of methoxy groups -OCH3 is 1. The van der Waals surface area contributed by atoms with Gasteiger partial charge < -0.3 is 8.92 Å². The summed E-state index contributed by atoms with van der Waals surface area (Å²) >= 11 is 3.13. The molecular formula is C8H8BrNO5S. The lowest BCUT2D eigenvalue weighted by atomic mass is 10.2. The van der Waals surface area contributed by atoms with Crippen LogP contribution in [0.1, 0.15) is 10.4 Å². The average molecular weight is 310 g/mol. The van der Waals surface area contributed by atoms with E-state index in [2.05, 4.69) is 24.8 Å². The van der Waals surface area contributed by atoms with E-state index in [1.165, 1.54) is 25.3 Å². The molecule has 16 heavy (non-hydrogen) atoms. The van der Waals surface area contributed by atoms with Crippen molar-refractivity contribution in [2.45, 2.75) is 0 Å². The minimum Gasteiger partial charge on any atom is -0.465 e. The molecule has 0 aromatic heterocycles. The second kappa shape index (κ2) is 4.81. The minimum atomic E-state index is -4.18. The van der Waals surface area contributed by atoms with Gasteiger partial charge in [-0.1, -0.05) is 15.9 Å². The molecule has 6 nitrogen and oxygen atoms in total. The van der Waals surface area contributed by atoms with Crippen molar-refractivity contribution in [3.8, 4) is 5.75 Å². The molecule has 1 aromatic carbocycles. The number of ether oxygens (including phenoxy) is 1.